The first-order valence-corrected chi connectivity index (χ1v) is 20.4. The van der Waals surface area contributed by atoms with E-state index in [0.717, 1.165) is 29.9 Å². The minimum absolute atomic E-state index is 0.345. The molecule has 0 fully saturated rings. The molecule has 0 saturated carbocycles. The Bertz CT molecular complexity index is 2680. The summed E-state index contributed by atoms with van der Waals surface area (Å²) < 4.78 is 0. The van der Waals surface area contributed by atoms with Gasteiger partial charge in [-0.1, -0.05) is 170 Å². The molecule has 2 heteroatoms. The summed E-state index contributed by atoms with van der Waals surface area (Å²) in [5.41, 5.74) is 17.3. The molecule has 0 radical (unpaired) electrons. The highest BCUT2D eigenvalue weighted by atomic mass is 15.2. The fraction of sp³-hybridized carbons (Fsp3) is 0.0714. The fourth-order valence-electron chi connectivity index (χ4n) is 8.73. The highest BCUT2D eigenvalue weighted by molar-refractivity contribution is 5.84. The molecule has 0 heterocycles. The normalized spacial score (nSPS) is 16.7. The third-order valence-electron chi connectivity index (χ3n) is 11.7. The Morgan fingerprint density at radius 2 is 0.897 bits per heavy atom. The van der Waals surface area contributed by atoms with Crippen molar-refractivity contribution >= 4 is 34.4 Å². The molecule has 3 aliphatic rings. The monoisotopic (exact) mass is 744 g/mol. The van der Waals surface area contributed by atoms with Gasteiger partial charge in [0.1, 0.15) is 0 Å². The van der Waals surface area contributed by atoms with Crippen LogP contribution in [0.3, 0.4) is 0 Å². The van der Waals surface area contributed by atoms with E-state index in [1.165, 1.54) is 61.6 Å². The van der Waals surface area contributed by atoms with Gasteiger partial charge >= 0.3 is 0 Å². The third-order valence-corrected chi connectivity index (χ3v) is 11.7. The van der Waals surface area contributed by atoms with E-state index in [1.54, 1.807) is 0 Å². The second-order valence-corrected chi connectivity index (χ2v) is 15.3. The molecule has 3 aliphatic carbocycles. The summed E-state index contributed by atoms with van der Waals surface area (Å²) in [7, 11) is 0. The number of hydrogen-bond acceptors (Lipinski definition) is 2. The zero-order chi connectivity index (χ0) is 38.7. The van der Waals surface area contributed by atoms with Crippen molar-refractivity contribution in [3.05, 3.63) is 253 Å². The van der Waals surface area contributed by atoms with E-state index in [1.807, 2.05) is 0 Å². The van der Waals surface area contributed by atoms with Gasteiger partial charge < -0.3 is 9.80 Å². The van der Waals surface area contributed by atoms with Gasteiger partial charge in [0, 0.05) is 46.0 Å². The first kappa shape index (κ1) is 35.3. The molecule has 0 saturated heterocycles. The Kier molecular flexibility index (Phi) is 9.59. The van der Waals surface area contributed by atoms with Crippen molar-refractivity contribution < 1.29 is 0 Å². The van der Waals surface area contributed by atoms with Crippen LogP contribution in [0.2, 0.25) is 0 Å². The lowest BCUT2D eigenvalue weighted by Crippen LogP contribution is -2.25. The Morgan fingerprint density at radius 3 is 1.50 bits per heavy atom. The van der Waals surface area contributed by atoms with Gasteiger partial charge in [0.05, 0.1) is 0 Å². The zero-order valence-corrected chi connectivity index (χ0v) is 32.4. The maximum atomic E-state index is 2.48. The lowest BCUT2D eigenvalue weighted by Gasteiger charge is -2.35. The predicted molar refractivity (Wildman–Crippen MR) is 245 cm³/mol. The molecule has 2 unspecified atom stereocenters. The van der Waals surface area contributed by atoms with Crippen LogP contribution in [-0.2, 0) is 0 Å². The van der Waals surface area contributed by atoms with Gasteiger partial charge in [0.25, 0.3) is 0 Å². The average molecular weight is 745 g/mol. The van der Waals surface area contributed by atoms with Gasteiger partial charge in [-0.25, -0.2) is 0 Å². The molecule has 0 aromatic heterocycles. The van der Waals surface area contributed by atoms with Gasteiger partial charge in [-0.15, -0.1) is 0 Å². The summed E-state index contributed by atoms with van der Waals surface area (Å²) in [4.78, 5) is 4.80. The molecule has 0 aliphatic heterocycles. The third kappa shape index (κ3) is 7.06. The first-order chi connectivity index (χ1) is 28.7. The van der Waals surface area contributed by atoms with Crippen LogP contribution in [0.15, 0.2) is 236 Å². The highest BCUT2D eigenvalue weighted by Crippen LogP contribution is 2.43. The first-order valence-electron chi connectivity index (χ1n) is 20.4. The minimum Gasteiger partial charge on any atom is -0.315 e. The van der Waals surface area contributed by atoms with Gasteiger partial charge in [0.2, 0.25) is 0 Å². The van der Waals surface area contributed by atoms with Crippen LogP contribution in [0, 0.1) is 5.92 Å². The summed E-state index contributed by atoms with van der Waals surface area (Å²) in [5, 5.41) is 0. The summed E-state index contributed by atoms with van der Waals surface area (Å²) in [6, 6.07) is 67.7. The second-order valence-electron chi connectivity index (χ2n) is 15.3. The Labute approximate surface area is 342 Å². The van der Waals surface area contributed by atoms with Gasteiger partial charge in [0.15, 0.2) is 0 Å². The molecular formula is C56H44N2. The number of para-hydroxylation sites is 1. The van der Waals surface area contributed by atoms with Crippen LogP contribution < -0.4 is 9.80 Å². The fourth-order valence-corrected chi connectivity index (χ4v) is 8.73. The molecule has 7 aromatic carbocycles. The molecule has 2 atom stereocenters. The molecule has 278 valence electrons. The molecule has 7 aromatic rings. The standard InChI is InChI=1S/C56H44N2/c1-4-12-41(13-5-1)43-22-30-50(31-23-43)57(49-17-8-3-9-18-49)51-32-26-45(27-33-51)46-28-36-53(37-29-46)58(52-34-24-44(25-35-52)42-14-6-2-7-15-42)54-38-39-56-48(40-54)21-20-47-16-10-11-19-55(47)56/h1-24,26-39,44,48H,25,40H2. The van der Waals surface area contributed by atoms with Gasteiger partial charge in [-0.2, -0.15) is 0 Å². The molecule has 2 nitrogen and oxygen atoms in total. The smallest absolute Gasteiger partial charge is 0.0462 e. The van der Waals surface area contributed by atoms with Crippen molar-refractivity contribution in [3.63, 3.8) is 0 Å². The Hall–Kier alpha value is -7.16. The van der Waals surface area contributed by atoms with Gasteiger partial charge in [-0.3, -0.25) is 0 Å². The molecule has 0 bridgehead atoms. The maximum Gasteiger partial charge on any atom is 0.0462 e. The number of benzene rings is 7. The van der Waals surface area contributed by atoms with E-state index in [2.05, 4.69) is 240 Å². The van der Waals surface area contributed by atoms with Crippen molar-refractivity contribution in [2.24, 2.45) is 5.92 Å². The molecule has 0 spiro atoms. The van der Waals surface area contributed by atoms with Crippen LogP contribution in [0.25, 0.3) is 33.9 Å². The molecule has 10 rings (SSSR count). The van der Waals surface area contributed by atoms with E-state index in [9.17, 15) is 0 Å². The van der Waals surface area contributed by atoms with E-state index < -0.39 is 0 Å². The van der Waals surface area contributed by atoms with Crippen molar-refractivity contribution in [2.75, 3.05) is 9.80 Å². The van der Waals surface area contributed by atoms with Crippen molar-refractivity contribution in [1.29, 1.82) is 0 Å². The highest BCUT2D eigenvalue weighted by Gasteiger charge is 2.28. The van der Waals surface area contributed by atoms with Crippen LogP contribution in [-0.4, -0.2) is 0 Å². The number of hydrogen-bond donors (Lipinski definition) is 0. The van der Waals surface area contributed by atoms with Gasteiger partial charge in [-0.05, 0) is 118 Å². The zero-order valence-electron chi connectivity index (χ0n) is 32.4. The summed E-state index contributed by atoms with van der Waals surface area (Å²) >= 11 is 0. The maximum absolute atomic E-state index is 2.48. The summed E-state index contributed by atoms with van der Waals surface area (Å²) in [5.74, 6) is 0.728. The minimum atomic E-state index is 0.345. The van der Waals surface area contributed by atoms with E-state index >= 15 is 0 Å². The van der Waals surface area contributed by atoms with Crippen LogP contribution in [0.5, 0.6) is 0 Å². The SMILES string of the molecule is C1=CC(c2ccccc2)CC=C1N(C1=CC=C2c3ccccc3C=CC2C1)c1ccc(-c2ccc(N(c3ccccc3)c3ccc(-c4ccccc4)cc3)cc2)cc1. The second kappa shape index (κ2) is 15.8. The van der Waals surface area contributed by atoms with E-state index in [-0.39, 0.29) is 0 Å². The Balaban J connectivity index is 0.948. The lowest BCUT2D eigenvalue weighted by atomic mass is 9.79. The molecule has 0 N–H and O–H groups in total. The van der Waals surface area contributed by atoms with Crippen LogP contribution in [0.1, 0.15) is 35.4 Å². The van der Waals surface area contributed by atoms with Crippen molar-refractivity contribution in [2.45, 2.75) is 18.8 Å². The van der Waals surface area contributed by atoms with E-state index in [0.29, 0.717) is 11.8 Å². The van der Waals surface area contributed by atoms with Crippen molar-refractivity contribution in [3.8, 4) is 22.3 Å². The predicted octanol–water partition coefficient (Wildman–Crippen LogP) is 14.9. The lowest BCUT2D eigenvalue weighted by molar-refractivity contribution is 0.769. The number of allylic oxidation sites excluding steroid dienone is 8. The van der Waals surface area contributed by atoms with Crippen LogP contribution in [0.4, 0.5) is 22.7 Å². The Morgan fingerprint density at radius 1 is 0.397 bits per heavy atom. The van der Waals surface area contributed by atoms with E-state index in [4.69, 9.17) is 0 Å². The number of anilines is 4. The quantitative estimate of drug-likeness (QED) is 0.145. The molecule has 0 amide bonds. The molecular weight excluding hydrogens is 701 g/mol. The largest absolute Gasteiger partial charge is 0.315 e. The summed E-state index contributed by atoms with van der Waals surface area (Å²) in [6.45, 7) is 0. The number of nitrogens with zero attached hydrogens (tertiary/aromatic N) is 2. The average Bonchev–Trinajstić information content (AvgIpc) is 3.31. The molecule has 58 heavy (non-hydrogen) atoms. The van der Waals surface area contributed by atoms with Crippen molar-refractivity contribution in [1.82, 2.24) is 0 Å². The summed E-state index contributed by atoms with van der Waals surface area (Å²) in [6.07, 6.45) is 18.4. The topological polar surface area (TPSA) is 6.48 Å². The van der Waals surface area contributed by atoms with Crippen LogP contribution >= 0.6 is 0 Å². The number of rotatable bonds is 9. The number of fused-ring (bicyclic) bond motifs is 3.